The van der Waals surface area contributed by atoms with Crippen LogP contribution in [0, 0.1) is 0 Å². The molecule has 3 nitrogen and oxygen atoms in total. The monoisotopic (exact) mass is 311 g/mol. The van der Waals surface area contributed by atoms with Crippen molar-refractivity contribution in [3.8, 4) is 5.75 Å². The normalized spacial score (nSPS) is 10.3. The molecule has 0 saturated carbocycles. The van der Waals surface area contributed by atoms with Crippen LogP contribution in [0.2, 0.25) is 0 Å². The van der Waals surface area contributed by atoms with Crippen molar-refractivity contribution in [2.24, 2.45) is 0 Å². The van der Waals surface area contributed by atoms with Crippen LogP contribution in [0.25, 0.3) is 0 Å². The lowest BCUT2D eigenvalue weighted by Gasteiger charge is -2.21. The third-order valence-electron chi connectivity index (χ3n) is 3.78. The molecule has 0 aliphatic heterocycles. The summed E-state index contributed by atoms with van der Waals surface area (Å²) in [5.41, 5.74) is 1.80. The highest BCUT2D eigenvalue weighted by atomic mass is 16.5. The highest BCUT2D eigenvalue weighted by Crippen LogP contribution is 2.17. The van der Waals surface area contributed by atoms with Gasteiger partial charge < -0.3 is 9.64 Å². The van der Waals surface area contributed by atoms with Crippen molar-refractivity contribution >= 4 is 5.91 Å². The average molecular weight is 311 g/mol. The Morgan fingerprint density at radius 2 is 1.83 bits per heavy atom. The maximum atomic E-state index is 12.6. The van der Waals surface area contributed by atoms with Gasteiger partial charge in [-0.1, -0.05) is 49.7 Å². The number of rotatable bonds is 8. The molecule has 2 aromatic carbocycles. The van der Waals surface area contributed by atoms with E-state index in [1.165, 1.54) is 0 Å². The average Bonchev–Trinajstić information content (AvgIpc) is 2.61. The third-order valence-corrected chi connectivity index (χ3v) is 3.78. The fourth-order valence-corrected chi connectivity index (χ4v) is 2.39. The van der Waals surface area contributed by atoms with Gasteiger partial charge in [-0.2, -0.15) is 0 Å². The van der Waals surface area contributed by atoms with Gasteiger partial charge in [-0.25, -0.2) is 0 Å². The van der Waals surface area contributed by atoms with Crippen LogP contribution in [-0.2, 0) is 6.61 Å². The summed E-state index contributed by atoms with van der Waals surface area (Å²) in [5, 5.41) is 0. The Bertz CT molecular complexity index is 610. The molecule has 0 saturated heterocycles. The Kier molecular flexibility index (Phi) is 6.67. The molecule has 2 rings (SSSR count). The van der Waals surface area contributed by atoms with E-state index in [1.807, 2.05) is 66.4 Å². The molecule has 0 aliphatic carbocycles. The minimum Gasteiger partial charge on any atom is -0.489 e. The molecule has 0 fully saturated rings. The number of ether oxygens (including phenoxy) is 1. The number of hydrogen-bond donors (Lipinski definition) is 0. The third kappa shape index (κ3) is 5.13. The van der Waals surface area contributed by atoms with Crippen LogP contribution >= 0.6 is 0 Å². The van der Waals surface area contributed by atoms with E-state index in [-0.39, 0.29) is 5.91 Å². The van der Waals surface area contributed by atoms with Crippen LogP contribution in [0.1, 0.15) is 42.6 Å². The Morgan fingerprint density at radius 1 is 1.04 bits per heavy atom. The molecule has 3 heteroatoms. The number of hydrogen-bond acceptors (Lipinski definition) is 2. The van der Waals surface area contributed by atoms with Crippen LogP contribution in [0.3, 0.4) is 0 Å². The zero-order valence-electron chi connectivity index (χ0n) is 14.0. The largest absolute Gasteiger partial charge is 0.489 e. The van der Waals surface area contributed by atoms with Crippen molar-refractivity contribution in [3.63, 3.8) is 0 Å². The number of unbranched alkanes of at least 4 members (excludes halogenated alkanes) is 1. The van der Waals surface area contributed by atoms with Gasteiger partial charge in [0.25, 0.3) is 5.91 Å². The first-order valence-electron chi connectivity index (χ1n) is 8.30. The van der Waals surface area contributed by atoms with Crippen molar-refractivity contribution < 1.29 is 9.53 Å². The van der Waals surface area contributed by atoms with Gasteiger partial charge in [0.2, 0.25) is 0 Å². The van der Waals surface area contributed by atoms with E-state index in [9.17, 15) is 4.79 Å². The highest BCUT2D eigenvalue weighted by Gasteiger charge is 2.14. The fraction of sp³-hybridized carbons (Fsp3) is 0.350. The van der Waals surface area contributed by atoms with Gasteiger partial charge in [-0.15, -0.1) is 0 Å². The molecule has 0 aromatic heterocycles. The summed E-state index contributed by atoms with van der Waals surface area (Å²) < 4.78 is 5.81. The second-order valence-corrected chi connectivity index (χ2v) is 5.54. The first kappa shape index (κ1) is 17.1. The fourth-order valence-electron chi connectivity index (χ4n) is 2.39. The highest BCUT2D eigenvalue weighted by molar-refractivity contribution is 5.94. The zero-order valence-corrected chi connectivity index (χ0v) is 14.0. The molecule has 1 amide bonds. The van der Waals surface area contributed by atoms with Gasteiger partial charge in [-0.3, -0.25) is 4.79 Å². The lowest BCUT2D eigenvalue weighted by molar-refractivity contribution is 0.0762. The van der Waals surface area contributed by atoms with E-state index in [2.05, 4.69) is 6.92 Å². The van der Waals surface area contributed by atoms with Crippen molar-refractivity contribution in [3.05, 3.63) is 65.7 Å². The molecule has 0 radical (unpaired) electrons. The summed E-state index contributed by atoms with van der Waals surface area (Å²) in [4.78, 5) is 14.5. The first-order chi connectivity index (χ1) is 11.2. The van der Waals surface area contributed by atoms with Gasteiger partial charge in [0, 0.05) is 18.7 Å². The smallest absolute Gasteiger partial charge is 0.253 e. The topological polar surface area (TPSA) is 29.5 Å². The van der Waals surface area contributed by atoms with Crippen molar-refractivity contribution in [1.29, 1.82) is 0 Å². The van der Waals surface area contributed by atoms with Crippen LogP contribution < -0.4 is 4.74 Å². The first-order valence-corrected chi connectivity index (χ1v) is 8.30. The van der Waals surface area contributed by atoms with Crippen molar-refractivity contribution in [2.75, 3.05) is 13.1 Å². The van der Waals surface area contributed by atoms with E-state index < -0.39 is 0 Å². The van der Waals surface area contributed by atoms with E-state index in [4.69, 9.17) is 4.74 Å². The Labute approximate surface area is 138 Å². The molecule has 0 atom stereocenters. The number of nitrogens with zero attached hydrogens (tertiary/aromatic N) is 1. The Balaban J connectivity index is 2.02. The predicted octanol–water partition coefficient (Wildman–Crippen LogP) is 4.53. The Morgan fingerprint density at radius 3 is 2.52 bits per heavy atom. The molecular formula is C20H25NO2. The summed E-state index contributed by atoms with van der Waals surface area (Å²) in [6.07, 6.45) is 2.12. The van der Waals surface area contributed by atoms with Crippen LogP contribution in [0.5, 0.6) is 5.75 Å². The summed E-state index contributed by atoms with van der Waals surface area (Å²) in [5.74, 6) is 0.803. The minimum absolute atomic E-state index is 0.0751. The summed E-state index contributed by atoms with van der Waals surface area (Å²) in [6, 6.07) is 17.5. The zero-order chi connectivity index (χ0) is 16.5. The maximum absolute atomic E-state index is 12.6. The van der Waals surface area contributed by atoms with Gasteiger partial charge in [-0.05, 0) is 37.1 Å². The van der Waals surface area contributed by atoms with Crippen LogP contribution in [-0.4, -0.2) is 23.9 Å². The second-order valence-electron chi connectivity index (χ2n) is 5.54. The minimum atomic E-state index is 0.0751. The Hall–Kier alpha value is -2.29. The molecule has 122 valence electrons. The molecule has 2 aromatic rings. The quantitative estimate of drug-likeness (QED) is 0.717. The van der Waals surface area contributed by atoms with Crippen molar-refractivity contribution in [1.82, 2.24) is 4.90 Å². The van der Waals surface area contributed by atoms with Gasteiger partial charge in [0.05, 0.1) is 0 Å². The van der Waals surface area contributed by atoms with Gasteiger partial charge in [0.1, 0.15) is 12.4 Å². The molecule has 0 heterocycles. The number of amides is 1. The number of carbonyl (C=O) groups excluding carboxylic acids is 1. The number of benzene rings is 2. The molecule has 0 N–H and O–H groups in total. The predicted molar refractivity (Wildman–Crippen MR) is 93.7 cm³/mol. The molecular weight excluding hydrogens is 286 g/mol. The van der Waals surface area contributed by atoms with Crippen LogP contribution in [0.15, 0.2) is 54.6 Å². The molecule has 23 heavy (non-hydrogen) atoms. The van der Waals surface area contributed by atoms with E-state index in [1.54, 1.807) is 0 Å². The summed E-state index contributed by atoms with van der Waals surface area (Å²) >= 11 is 0. The molecule has 0 unspecified atom stereocenters. The SMILES string of the molecule is CCCCN(CC)C(=O)c1cccc(OCc2ccccc2)c1. The standard InChI is InChI=1S/C20H25NO2/c1-3-5-14-21(4-2)20(22)18-12-9-13-19(15-18)23-16-17-10-7-6-8-11-17/h6-13,15H,3-5,14,16H2,1-2H3. The summed E-state index contributed by atoms with van der Waals surface area (Å²) in [6.45, 7) is 6.19. The van der Waals surface area contributed by atoms with Gasteiger partial charge in [0.15, 0.2) is 0 Å². The van der Waals surface area contributed by atoms with E-state index in [0.717, 1.165) is 37.2 Å². The van der Waals surface area contributed by atoms with Gasteiger partial charge >= 0.3 is 0 Å². The van der Waals surface area contributed by atoms with Crippen LogP contribution in [0.4, 0.5) is 0 Å². The lowest BCUT2D eigenvalue weighted by Crippen LogP contribution is -2.31. The second kappa shape index (κ2) is 8.99. The maximum Gasteiger partial charge on any atom is 0.253 e. The number of carbonyl (C=O) groups is 1. The van der Waals surface area contributed by atoms with Crippen molar-refractivity contribution in [2.45, 2.75) is 33.3 Å². The van der Waals surface area contributed by atoms with E-state index >= 15 is 0 Å². The molecule has 0 spiro atoms. The summed E-state index contributed by atoms with van der Waals surface area (Å²) in [7, 11) is 0. The molecule has 0 bridgehead atoms. The van der Waals surface area contributed by atoms with E-state index in [0.29, 0.717) is 12.2 Å². The molecule has 0 aliphatic rings. The lowest BCUT2D eigenvalue weighted by atomic mass is 10.1.